The van der Waals surface area contributed by atoms with E-state index < -0.39 is 0 Å². The van der Waals surface area contributed by atoms with Crippen LogP contribution < -0.4 is 4.90 Å². The summed E-state index contributed by atoms with van der Waals surface area (Å²) in [6.45, 7) is 0. The summed E-state index contributed by atoms with van der Waals surface area (Å²) < 4.78 is 6.56. The predicted molar refractivity (Wildman–Crippen MR) is 279 cm³/mol. The van der Waals surface area contributed by atoms with E-state index in [0.29, 0.717) is 0 Å². The molecule has 0 aliphatic carbocycles. The van der Waals surface area contributed by atoms with Crippen LogP contribution in [0, 0.1) is 0 Å². The molecule has 2 nitrogen and oxygen atoms in total. The smallest absolute Gasteiger partial charge is 0.143 e. The van der Waals surface area contributed by atoms with E-state index >= 15 is 0 Å². The minimum absolute atomic E-state index is 0.886. The number of hydrogen-bond donors (Lipinski definition) is 0. The number of hydrogen-bond acceptors (Lipinski definition) is 2. The first-order valence-corrected chi connectivity index (χ1v) is 22.6. The van der Waals surface area contributed by atoms with Crippen LogP contribution in [-0.4, -0.2) is 0 Å². The molecule has 1 heterocycles. The number of anilines is 3. The van der Waals surface area contributed by atoms with Gasteiger partial charge in [0.2, 0.25) is 0 Å². The highest BCUT2D eigenvalue weighted by atomic mass is 16.3. The second-order valence-corrected chi connectivity index (χ2v) is 16.9. The van der Waals surface area contributed by atoms with Crippen molar-refractivity contribution in [2.75, 3.05) is 4.90 Å². The number of rotatable bonds is 9. The highest BCUT2D eigenvalue weighted by Crippen LogP contribution is 2.43. The van der Waals surface area contributed by atoms with E-state index in [1.54, 1.807) is 0 Å². The molecule has 0 aliphatic heterocycles. The maximum atomic E-state index is 6.56. The Hall–Kier alpha value is -8.72. The van der Waals surface area contributed by atoms with Gasteiger partial charge < -0.3 is 9.32 Å². The first-order valence-electron chi connectivity index (χ1n) is 22.6. The monoisotopic (exact) mass is 841 g/mol. The van der Waals surface area contributed by atoms with Crippen LogP contribution in [0.1, 0.15) is 0 Å². The molecule has 0 amide bonds. The summed E-state index contributed by atoms with van der Waals surface area (Å²) in [5, 5.41) is 6.11. The molecular weight excluding hydrogens is 799 g/mol. The van der Waals surface area contributed by atoms with Gasteiger partial charge in [0.05, 0.1) is 0 Å². The van der Waals surface area contributed by atoms with Gasteiger partial charge >= 0.3 is 0 Å². The van der Waals surface area contributed by atoms with E-state index in [1.165, 1.54) is 43.8 Å². The fraction of sp³-hybridized carbons (Fsp3) is 0. The van der Waals surface area contributed by atoms with Gasteiger partial charge in [0.1, 0.15) is 11.3 Å². The molecular formula is C64H43NO. The summed E-state index contributed by atoms with van der Waals surface area (Å²) in [6, 6.07) is 93.6. The van der Waals surface area contributed by atoms with Crippen LogP contribution in [0.25, 0.3) is 99.5 Å². The number of benzene rings is 11. The van der Waals surface area contributed by atoms with Crippen LogP contribution in [0.5, 0.6) is 0 Å². The van der Waals surface area contributed by atoms with E-state index in [0.717, 1.165) is 72.7 Å². The molecule has 0 unspecified atom stereocenters. The number of fused-ring (bicyclic) bond motifs is 3. The first-order chi connectivity index (χ1) is 32.7. The van der Waals surface area contributed by atoms with Crippen molar-refractivity contribution in [3.63, 3.8) is 0 Å². The Morgan fingerprint density at radius 1 is 0.258 bits per heavy atom. The second-order valence-electron chi connectivity index (χ2n) is 16.9. The third-order valence-corrected chi connectivity index (χ3v) is 12.9. The van der Waals surface area contributed by atoms with Crippen LogP contribution in [0.4, 0.5) is 17.1 Å². The van der Waals surface area contributed by atoms with E-state index in [2.05, 4.69) is 254 Å². The second kappa shape index (κ2) is 16.8. The fourth-order valence-corrected chi connectivity index (χ4v) is 9.62. The average molecular weight is 842 g/mol. The lowest BCUT2D eigenvalue weighted by Gasteiger charge is -2.26. The Labute approximate surface area is 384 Å². The molecule has 0 aliphatic rings. The highest BCUT2D eigenvalue weighted by Gasteiger charge is 2.19. The van der Waals surface area contributed by atoms with Crippen LogP contribution in [-0.2, 0) is 0 Å². The minimum Gasteiger partial charge on any atom is -0.455 e. The van der Waals surface area contributed by atoms with E-state index in [1.807, 2.05) is 12.1 Å². The molecule has 0 N–H and O–H groups in total. The number of para-hydroxylation sites is 1. The van der Waals surface area contributed by atoms with Crippen LogP contribution >= 0.6 is 0 Å². The zero-order valence-electron chi connectivity index (χ0n) is 36.2. The summed E-state index contributed by atoms with van der Waals surface area (Å²) in [5.41, 5.74) is 16.9. The van der Waals surface area contributed by atoms with Gasteiger partial charge in [0.15, 0.2) is 0 Å². The van der Waals surface area contributed by atoms with E-state index in [9.17, 15) is 0 Å². The molecule has 66 heavy (non-hydrogen) atoms. The number of furan rings is 1. The van der Waals surface area contributed by atoms with Crippen molar-refractivity contribution in [3.05, 3.63) is 261 Å². The SMILES string of the molecule is c1ccc(-c2c(-c3cccc(-c4ccc(-c5ccc(N(c6ccc(-c7cccc8ccccc78)cc6)c6ccc(-c7cccc8ccccc78)cc6)cc5)cc4)c3)oc3ccccc23)cc1. The van der Waals surface area contributed by atoms with Gasteiger partial charge in [-0.2, -0.15) is 0 Å². The standard InChI is InChI=1S/C64H43NO/c1-2-15-51(16-3-1)63-61-23-8-9-26-62(61)66-64(63)53-20-10-19-52(43-53)46-29-27-44(28-30-46)45-31-37-54(38-32-45)65(55-39-33-49(34-40-55)59-24-11-17-47-13-4-6-21-57(47)59)56-41-35-50(36-42-56)60-25-12-18-48-14-5-7-22-58(48)60/h1-43H. The van der Waals surface area contributed by atoms with Gasteiger partial charge in [-0.1, -0.05) is 212 Å². The molecule has 0 bridgehead atoms. The van der Waals surface area contributed by atoms with Crippen molar-refractivity contribution >= 4 is 49.6 Å². The Balaban J connectivity index is 0.863. The summed E-state index contributed by atoms with van der Waals surface area (Å²) in [4.78, 5) is 2.35. The van der Waals surface area contributed by atoms with Crippen molar-refractivity contribution in [1.29, 1.82) is 0 Å². The third kappa shape index (κ3) is 7.21. The van der Waals surface area contributed by atoms with E-state index in [4.69, 9.17) is 4.42 Å². The maximum Gasteiger partial charge on any atom is 0.143 e. The summed E-state index contributed by atoms with van der Waals surface area (Å²) in [7, 11) is 0. The molecule has 2 heteroatoms. The fourth-order valence-electron chi connectivity index (χ4n) is 9.62. The molecule has 11 aromatic carbocycles. The van der Waals surface area contributed by atoms with Gasteiger partial charge in [0.25, 0.3) is 0 Å². The van der Waals surface area contributed by atoms with Crippen molar-refractivity contribution in [1.82, 2.24) is 0 Å². The molecule has 0 atom stereocenters. The van der Waals surface area contributed by atoms with Gasteiger partial charge in [0, 0.05) is 33.6 Å². The minimum atomic E-state index is 0.886. The zero-order chi connectivity index (χ0) is 43.8. The molecule has 1 aromatic heterocycles. The Bertz CT molecular complexity index is 3530. The van der Waals surface area contributed by atoms with Crippen molar-refractivity contribution in [2.45, 2.75) is 0 Å². The molecule has 0 saturated heterocycles. The Kier molecular flexibility index (Phi) is 9.89. The zero-order valence-corrected chi connectivity index (χ0v) is 36.2. The number of nitrogens with zero attached hydrogens (tertiary/aromatic N) is 1. The Morgan fingerprint density at radius 3 is 1.21 bits per heavy atom. The molecule has 0 fully saturated rings. The van der Waals surface area contributed by atoms with Crippen molar-refractivity contribution < 1.29 is 4.42 Å². The molecule has 12 rings (SSSR count). The highest BCUT2D eigenvalue weighted by molar-refractivity contribution is 6.02. The predicted octanol–water partition coefficient (Wildman–Crippen LogP) is 18.2. The van der Waals surface area contributed by atoms with E-state index in [-0.39, 0.29) is 0 Å². The first kappa shape index (κ1) is 38.9. The normalized spacial score (nSPS) is 11.3. The lowest BCUT2D eigenvalue weighted by Crippen LogP contribution is -2.09. The quantitative estimate of drug-likeness (QED) is 0.144. The molecule has 0 saturated carbocycles. The molecule has 0 radical (unpaired) electrons. The molecule has 12 aromatic rings. The van der Waals surface area contributed by atoms with Gasteiger partial charge in [-0.15, -0.1) is 0 Å². The maximum absolute atomic E-state index is 6.56. The summed E-state index contributed by atoms with van der Waals surface area (Å²) >= 11 is 0. The van der Waals surface area contributed by atoms with Gasteiger partial charge in [-0.25, -0.2) is 0 Å². The third-order valence-electron chi connectivity index (χ3n) is 12.9. The van der Waals surface area contributed by atoms with Crippen LogP contribution in [0.2, 0.25) is 0 Å². The average Bonchev–Trinajstić information content (AvgIpc) is 3.79. The van der Waals surface area contributed by atoms with Crippen LogP contribution in [0.15, 0.2) is 265 Å². The van der Waals surface area contributed by atoms with Crippen molar-refractivity contribution in [3.8, 4) is 67.0 Å². The lowest BCUT2D eigenvalue weighted by atomic mass is 9.95. The van der Waals surface area contributed by atoms with Gasteiger partial charge in [-0.3, -0.25) is 0 Å². The lowest BCUT2D eigenvalue weighted by molar-refractivity contribution is 0.632. The Morgan fingerprint density at radius 2 is 0.652 bits per heavy atom. The summed E-state index contributed by atoms with van der Waals surface area (Å²) in [6.07, 6.45) is 0. The van der Waals surface area contributed by atoms with Crippen molar-refractivity contribution in [2.24, 2.45) is 0 Å². The summed E-state index contributed by atoms with van der Waals surface area (Å²) in [5.74, 6) is 0.886. The van der Waals surface area contributed by atoms with Crippen LogP contribution in [0.3, 0.4) is 0 Å². The largest absolute Gasteiger partial charge is 0.455 e. The molecule has 0 spiro atoms. The van der Waals surface area contributed by atoms with Gasteiger partial charge in [-0.05, 0) is 120 Å². The topological polar surface area (TPSA) is 16.4 Å². The molecule has 310 valence electrons.